The first-order valence-electron chi connectivity index (χ1n) is 6.59. The normalized spacial score (nSPS) is 18.5. The Hall–Kier alpha value is -2.16. The molecule has 1 aromatic carbocycles. The van der Waals surface area contributed by atoms with Gasteiger partial charge in [-0.25, -0.2) is 0 Å². The van der Waals surface area contributed by atoms with Gasteiger partial charge in [0, 0.05) is 37.0 Å². The second kappa shape index (κ2) is 5.22. The first-order valence-corrected chi connectivity index (χ1v) is 6.59. The number of rotatable bonds is 2. The Kier molecular flexibility index (Phi) is 3.27. The lowest BCUT2D eigenvalue weighted by Gasteiger charge is -2.16. The third-order valence-corrected chi connectivity index (χ3v) is 3.65. The SMILES string of the molecule is O=C(c1ccccc1)N1CCC(c2cccnc2)C1. The van der Waals surface area contributed by atoms with Crippen molar-refractivity contribution in [2.45, 2.75) is 12.3 Å². The molecule has 3 nitrogen and oxygen atoms in total. The summed E-state index contributed by atoms with van der Waals surface area (Å²) in [6.07, 6.45) is 4.71. The lowest BCUT2D eigenvalue weighted by atomic mass is 10.0. The van der Waals surface area contributed by atoms with Crippen molar-refractivity contribution < 1.29 is 4.79 Å². The topological polar surface area (TPSA) is 33.2 Å². The van der Waals surface area contributed by atoms with Gasteiger partial charge in [-0.15, -0.1) is 0 Å². The van der Waals surface area contributed by atoms with E-state index < -0.39 is 0 Å². The van der Waals surface area contributed by atoms with E-state index in [0.29, 0.717) is 5.92 Å². The Morgan fingerprint density at radius 3 is 2.74 bits per heavy atom. The van der Waals surface area contributed by atoms with E-state index in [1.54, 1.807) is 6.20 Å². The highest BCUT2D eigenvalue weighted by Gasteiger charge is 2.27. The zero-order valence-corrected chi connectivity index (χ0v) is 10.7. The molecule has 1 fully saturated rings. The van der Waals surface area contributed by atoms with Crippen molar-refractivity contribution in [3.63, 3.8) is 0 Å². The van der Waals surface area contributed by atoms with Gasteiger partial charge in [0.25, 0.3) is 5.91 Å². The van der Waals surface area contributed by atoms with Crippen molar-refractivity contribution >= 4 is 5.91 Å². The summed E-state index contributed by atoms with van der Waals surface area (Å²) in [4.78, 5) is 18.4. The number of hydrogen-bond acceptors (Lipinski definition) is 2. The minimum Gasteiger partial charge on any atom is -0.338 e. The fourth-order valence-electron chi connectivity index (χ4n) is 2.60. The highest BCUT2D eigenvalue weighted by atomic mass is 16.2. The van der Waals surface area contributed by atoms with Crippen LogP contribution in [0.15, 0.2) is 54.9 Å². The number of benzene rings is 1. The average molecular weight is 252 g/mol. The summed E-state index contributed by atoms with van der Waals surface area (Å²) in [5.41, 5.74) is 2.00. The number of carbonyl (C=O) groups excluding carboxylic acids is 1. The summed E-state index contributed by atoms with van der Waals surface area (Å²) >= 11 is 0. The second-order valence-corrected chi connectivity index (χ2v) is 4.89. The van der Waals surface area contributed by atoms with Gasteiger partial charge in [-0.05, 0) is 30.2 Å². The quantitative estimate of drug-likeness (QED) is 0.823. The smallest absolute Gasteiger partial charge is 0.253 e. The van der Waals surface area contributed by atoms with Crippen LogP contribution in [0.25, 0.3) is 0 Å². The van der Waals surface area contributed by atoms with Crippen molar-refractivity contribution in [3.05, 3.63) is 66.0 Å². The molecule has 1 aromatic heterocycles. The molecule has 2 heterocycles. The first-order chi connectivity index (χ1) is 9.34. The predicted molar refractivity (Wildman–Crippen MR) is 73.9 cm³/mol. The molecular weight excluding hydrogens is 236 g/mol. The van der Waals surface area contributed by atoms with Crippen molar-refractivity contribution in [2.75, 3.05) is 13.1 Å². The van der Waals surface area contributed by atoms with Crippen molar-refractivity contribution in [3.8, 4) is 0 Å². The molecule has 3 rings (SSSR count). The van der Waals surface area contributed by atoms with Crippen molar-refractivity contribution in [2.24, 2.45) is 0 Å². The third kappa shape index (κ3) is 2.50. The molecular formula is C16H16N2O. The van der Waals surface area contributed by atoms with Gasteiger partial charge in [-0.1, -0.05) is 24.3 Å². The molecule has 1 saturated heterocycles. The largest absolute Gasteiger partial charge is 0.338 e. The van der Waals surface area contributed by atoms with Crippen LogP contribution in [0.4, 0.5) is 0 Å². The predicted octanol–water partition coefficient (Wildman–Crippen LogP) is 2.71. The molecule has 2 aromatic rings. The number of pyridine rings is 1. The van der Waals surface area contributed by atoms with E-state index in [9.17, 15) is 4.79 Å². The van der Waals surface area contributed by atoms with Crippen LogP contribution in [-0.2, 0) is 0 Å². The molecule has 1 aliphatic rings. The van der Waals surface area contributed by atoms with Crippen LogP contribution in [0.3, 0.4) is 0 Å². The molecule has 0 bridgehead atoms. The minimum atomic E-state index is 0.131. The first kappa shape index (κ1) is 11.9. The van der Waals surface area contributed by atoms with E-state index in [2.05, 4.69) is 11.1 Å². The molecule has 1 atom stereocenters. The van der Waals surface area contributed by atoms with E-state index in [4.69, 9.17) is 0 Å². The molecule has 3 heteroatoms. The highest BCUT2D eigenvalue weighted by molar-refractivity contribution is 5.94. The maximum atomic E-state index is 12.3. The highest BCUT2D eigenvalue weighted by Crippen LogP contribution is 2.27. The van der Waals surface area contributed by atoms with Gasteiger partial charge in [0.15, 0.2) is 0 Å². The Morgan fingerprint density at radius 1 is 1.16 bits per heavy atom. The van der Waals surface area contributed by atoms with Gasteiger partial charge in [0.1, 0.15) is 0 Å². The molecule has 1 amide bonds. The van der Waals surface area contributed by atoms with Crippen LogP contribution in [0.1, 0.15) is 28.3 Å². The Labute approximate surface area is 112 Å². The van der Waals surface area contributed by atoms with Crippen LogP contribution in [0, 0.1) is 0 Å². The molecule has 1 aliphatic heterocycles. The van der Waals surface area contributed by atoms with E-state index >= 15 is 0 Å². The Morgan fingerprint density at radius 2 is 2.00 bits per heavy atom. The summed E-state index contributed by atoms with van der Waals surface area (Å²) in [7, 11) is 0. The molecule has 0 radical (unpaired) electrons. The Bertz CT molecular complexity index is 553. The summed E-state index contributed by atoms with van der Waals surface area (Å²) in [5, 5.41) is 0. The number of hydrogen-bond donors (Lipinski definition) is 0. The lowest BCUT2D eigenvalue weighted by molar-refractivity contribution is 0.0791. The zero-order valence-electron chi connectivity index (χ0n) is 10.7. The van der Waals surface area contributed by atoms with Crippen LogP contribution in [0.5, 0.6) is 0 Å². The molecule has 0 N–H and O–H groups in total. The minimum absolute atomic E-state index is 0.131. The van der Waals surface area contributed by atoms with Gasteiger partial charge < -0.3 is 4.90 Å². The second-order valence-electron chi connectivity index (χ2n) is 4.89. The van der Waals surface area contributed by atoms with E-state index in [1.807, 2.05) is 47.5 Å². The molecule has 0 saturated carbocycles. The van der Waals surface area contributed by atoms with Crippen LogP contribution in [-0.4, -0.2) is 28.9 Å². The van der Waals surface area contributed by atoms with Crippen molar-refractivity contribution in [1.29, 1.82) is 0 Å². The zero-order chi connectivity index (χ0) is 13.1. The van der Waals surface area contributed by atoms with Gasteiger partial charge in [-0.2, -0.15) is 0 Å². The number of likely N-dealkylation sites (tertiary alicyclic amines) is 1. The number of amides is 1. The summed E-state index contributed by atoms with van der Waals surface area (Å²) in [6, 6.07) is 13.5. The van der Waals surface area contributed by atoms with Crippen LogP contribution in [0.2, 0.25) is 0 Å². The molecule has 0 aliphatic carbocycles. The summed E-state index contributed by atoms with van der Waals surface area (Å²) in [5.74, 6) is 0.549. The van der Waals surface area contributed by atoms with E-state index in [0.717, 1.165) is 25.1 Å². The molecule has 19 heavy (non-hydrogen) atoms. The monoisotopic (exact) mass is 252 g/mol. The van der Waals surface area contributed by atoms with E-state index in [-0.39, 0.29) is 5.91 Å². The van der Waals surface area contributed by atoms with Gasteiger partial charge in [0.2, 0.25) is 0 Å². The molecule has 1 unspecified atom stereocenters. The summed E-state index contributed by atoms with van der Waals surface area (Å²) in [6.45, 7) is 1.62. The lowest BCUT2D eigenvalue weighted by Crippen LogP contribution is -2.28. The maximum absolute atomic E-state index is 12.3. The average Bonchev–Trinajstić information content (AvgIpc) is 2.98. The molecule has 0 spiro atoms. The number of nitrogens with zero attached hydrogens (tertiary/aromatic N) is 2. The fourth-order valence-corrected chi connectivity index (χ4v) is 2.60. The maximum Gasteiger partial charge on any atom is 0.253 e. The van der Waals surface area contributed by atoms with Gasteiger partial charge in [-0.3, -0.25) is 9.78 Å². The molecule has 96 valence electrons. The standard InChI is InChI=1S/C16H16N2O/c19-16(13-5-2-1-3-6-13)18-10-8-15(12-18)14-7-4-9-17-11-14/h1-7,9,11,15H,8,10,12H2. The van der Waals surface area contributed by atoms with Crippen LogP contribution < -0.4 is 0 Å². The van der Waals surface area contributed by atoms with E-state index in [1.165, 1.54) is 5.56 Å². The summed E-state index contributed by atoms with van der Waals surface area (Å²) < 4.78 is 0. The van der Waals surface area contributed by atoms with Gasteiger partial charge in [0.05, 0.1) is 0 Å². The number of aromatic nitrogens is 1. The third-order valence-electron chi connectivity index (χ3n) is 3.65. The number of carbonyl (C=O) groups is 1. The van der Waals surface area contributed by atoms with Crippen LogP contribution >= 0.6 is 0 Å². The van der Waals surface area contributed by atoms with Crippen molar-refractivity contribution in [1.82, 2.24) is 9.88 Å². The van der Waals surface area contributed by atoms with Gasteiger partial charge >= 0.3 is 0 Å². The Balaban J connectivity index is 1.71. The fraction of sp³-hybridized carbons (Fsp3) is 0.250.